The largest absolute Gasteiger partial charge is 0.290 e. The molecule has 1 heterocycles. The van der Waals surface area contributed by atoms with Crippen molar-refractivity contribution in [3.63, 3.8) is 0 Å². The van der Waals surface area contributed by atoms with Crippen LogP contribution in [0.15, 0.2) is 51.0 Å². The van der Waals surface area contributed by atoms with Crippen molar-refractivity contribution in [3.8, 4) is 6.07 Å². The molecule has 27 heavy (non-hydrogen) atoms. The van der Waals surface area contributed by atoms with Crippen molar-refractivity contribution in [1.82, 2.24) is 0 Å². The molecule has 7 heteroatoms. The molecule has 0 spiro atoms. The summed E-state index contributed by atoms with van der Waals surface area (Å²) in [6.45, 7) is 2.16. The minimum atomic E-state index is -3.62. The van der Waals surface area contributed by atoms with Crippen molar-refractivity contribution in [2.75, 3.05) is 11.5 Å². The van der Waals surface area contributed by atoms with Crippen LogP contribution in [0.1, 0.15) is 58.3 Å². The quantitative estimate of drug-likeness (QED) is 0.375. The Bertz CT molecular complexity index is 813. The lowest BCUT2D eigenvalue weighted by atomic mass is 9.97. The normalized spacial score (nSPS) is 22.2. The van der Waals surface area contributed by atoms with Gasteiger partial charge in [0.25, 0.3) is 10.1 Å². The monoisotopic (exact) mass is 408 g/mol. The second-order valence-electron chi connectivity index (χ2n) is 6.70. The number of nitrogens with zero attached hydrogens (tertiary/aromatic N) is 2. The molecule has 0 bridgehead atoms. The van der Waals surface area contributed by atoms with E-state index in [1.165, 1.54) is 12.8 Å². The van der Waals surface area contributed by atoms with Crippen molar-refractivity contribution in [3.05, 3.63) is 46.4 Å². The lowest BCUT2D eigenvalue weighted by Gasteiger charge is -2.12. The molecule has 1 aliphatic carbocycles. The Hall–Kier alpha value is -1.49. The third kappa shape index (κ3) is 7.57. The van der Waals surface area contributed by atoms with Gasteiger partial charge in [0.05, 0.1) is 18.2 Å². The van der Waals surface area contributed by atoms with Gasteiger partial charge in [0, 0.05) is 10.7 Å². The predicted molar refractivity (Wildman–Crippen MR) is 111 cm³/mol. The van der Waals surface area contributed by atoms with Crippen molar-refractivity contribution in [1.29, 1.82) is 5.26 Å². The van der Waals surface area contributed by atoms with E-state index in [-0.39, 0.29) is 5.75 Å². The SMILES string of the molecule is CCCCCCCCS(=O)(=O)ON=S1CC=CC1=C1C=CC=C(CC#N)C1. The molecule has 2 aliphatic rings. The van der Waals surface area contributed by atoms with E-state index in [9.17, 15) is 8.42 Å². The number of hydrogen-bond acceptors (Lipinski definition) is 5. The minimum Gasteiger partial charge on any atom is -0.198 e. The number of unbranched alkanes of at least 4 members (excludes halogenated alkanes) is 5. The van der Waals surface area contributed by atoms with Crippen LogP contribution in [0.2, 0.25) is 0 Å². The molecule has 0 amide bonds. The Morgan fingerprint density at radius 3 is 2.78 bits per heavy atom. The second-order valence-corrected chi connectivity index (χ2v) is 10.0. The third-order valence-electron chi connectivity index (χ3n) is 4.43. The highest BCUT2D eigenvalue weighted by atomic mass is 32.2. The molecule has 1 aliphatic heterocycles. The zero-order valence-electron chi connectivity index (χ0n) is 15.9. The van der Waals surface area contributed by atoms with E-state index in [0.717, 1.165) is 35.3 Å². The van der Waals surface area contributed by atoms with Gasteiger partial charge in [-0.25, -0.2) is 0 Å². The van der Waals surface area contributed by atoms with Gasteiger partial charge in [0.2, 0.25) is 0 Å². The van der Waals surface area contributed by atoms with Crippen LogP contribution in [0.4, 0.5) is 0 Å². The van der Waals surface area contributed by atoms with Crippen molar-refractivity contribution < 1.29 is 12.7 Å². The fourth-order valence-corrected chi connectivity index (χ4v) is 5.57. The summed E-state index contributed by atoms with van der Waals surface area (Å²) in [5.74, 6) is 0.685. The number of hydrogen-bond donors (Lipinski definition) is 0. The predicted octanol–water partition coefficient (Wildman–Crippen LogP) is 5.03. The summed E-state index contributed by atoms with van der Waals surface area (Å²) in [4.78, 5) is 1.00. The van der Waals surface area contributed by atoms with Crippen LogP contribution in [0, 0.1) is 11.3 Å². The van der Waals surface area contributed by atoms with Gasteiger partial charge in [-0.3, -0.25) is 0 Å². The lowest BCUT2D eigenvalue weighted by Crippen LogP contribution is -2.09. The maximum Gasteiger partial charge on any atom is 0.290 e. The molecule has 0 saturated carbocycles. The van der Waals surface area contributed by atoms with Crippen LogP contribution in [-0.2, 0) is 25.1 Å². The fourth-order valence-electron chi connectivity index (χ4n) is 2.98. The summed E-state index contributed by atoms with van der Waals surface area (Å²) in [6, 6.07) is 2.17. The molecule has 0 radical (unpaired) electrons. The van der Waals surface area contributed by atoms with Gasteiger partial charge >= 0.3 is 0 Å². The Balaban J connectivity index is 1.92. The van der Waals surface area contributed by atoms with E-state index >= 15 is 0 Å². The van der Waals surface area contributed by atoms with Crippen molar-refractivity contribution in [2.24, 2.45) is 4.53 Å². The molecule has 5 nitrogen and oxygen atoms in total. The molecule has 0 saturated heterocycles. The molecule has 0 aromatic rings. The van der Waals surface area contributed by atoms with Crippen LogP contribution < -0.4 is 0 Å². The first-order valence-corrected chi connectivity index (χ1v) is 12.4. The van der Waals surface area contributed by atoms with E-state index in [2.05, 4.69) is 17.5 Å². The summed E-state index contributed by atoms with van der Waals surface area (Å²) in [5, 5.41) is 8.88. The lowest BCUT2D eigenvalue weighted by molar-refractivity contribution is 0.345. The topological polar surface area (TPSA) is 79.5 Å². The first kappa shape index (κ1) is 21.8. The Kier molecular flexibility index (Phi) is 9.19. The van der Waals surface area contributed by atoms with Crippen LogP contribution in [0.3, 0.4) is 0 Å². The molecular formula is C20H28N2O3S2. The highest BCUT2D eigenvalue weighted by molar-refractivity contribution is 7.92. The fraction of sp³-hybridized carbons (Fsp3) is 0.550. The standard InChI is InChI=1S/C20H28N2O3S2/c1-2-3-4-5-6-7-16-27(23,24)25-22-26-15-9-12-20(26)19-11-8-10-18(17-19)13-14-21/h8-12H,2-7,13,15-17H2,1H3. The maximum absolute atomic E-state index is 12.1. The highest BCUT2D eigenvalue weighted by Crippen LogP contribution is 2.28. The van der Waals surface area contributed by atoms with Gasteiger partial charge in [-0.05, 0) is 29.1 Å². The Morgan fingerprint density at radius 2 is 2.00 bits per heavy atom. The summed E-state index contributed by atoms with van der Waals surface area (Å²) < 4.78 is 33.2. The Labute approximate surface area is 165 Å². The zero-order valence-corrected chi connectivity index (χ0v) is 17.5. The van der Waals surface area contributed by atoms with E-state index in [0.29, 0.717) is 25.0 Å². The van der Waals surface area contributed by atoms with E-state index < -0.39 is 20.8 Å². The summed E-state index contributed by atoms with van der Waals surface area (Å²) in [6.07, 6.45) is 17.1. The van der Waals surface area contributed by atoms with Gasteiger partial charge in [0.1, 0.15) is 0 Å². The first-order chi connectivity index (χ1) is 13.1. The van der Waals surface area contributed by atoms with Gasteiger partial charge in [0.15, 0.2) is 0 Å². The number of nitriles is 1. The third-order valence-corrected chi connectivity index (χ3v) is 7.28. The highest BCUT2D eigenvalue weighted by Gasteiger charge is 2.17. The van der Waals surface area contributed by atoms with Gasteiger partial charge in [-0.2, -0.15) is 13.7 Å². The second kappa shape index (κ2) is 11.4. The van der Waals surface area contributed by atoms with Crippen LogP contribution >= 0.6 is 0 Å². The van der Waals surface area contributed by atoms with Crippen LogP contribution in [0.25, 0.3) is 0 Å². The van der Waals surface area contributed by atoms with Gasteiger partial charge in [-0.1, -0.05) is 79.5 Å². The van der Waals surface area contributed by atoms with Gasteiger partial charge < -0.3 is 0 Å². The summed E-state index contributed by atoms with van der Waals surface area (Å²) in [7, 11) is -4.23. The zero-order chi connectivity index (χ0) is 19.5. The van der Waals surface area contributed by atoms with E-state index in [1.54, 1.807) is 0 Å². The number of rotatable bonds is 10. The molecule has 2 rings (SSSR count). The molecule has 0 fully saturated rings. The van der Waals surface area contributed by atoms with E-state index in [1.807, 2.05) is 30.4 Å². The molecule has 148 valence electrons. The minimum absolute atomic E-state index is 0.0219. The molecule has 0 N–H and O–H groups in total. The Morgan fingerprint density at radius 1 is 1.22 bits per heavy atom. The molecular weight excluding hydrogens is 380 g/mol. The van der Waals surface area contributed by atoms with Crippen LogP contribution in [0.5, 0.6) is 0 Å². The maximum atomic E-state index is 12.1. The molecule has 1 unspecified atom stereocenters. The molecule has 0 aromatic heterocycles. The van der Waals surface area contributed by atoms with Gasteiger partial charge in [-0.15, -0.1) is 4.28 Å². The molecule has 0 aromatic carbocycles. The summed E-state index contributed by atoms with van der Waals surface area (Å²) in [5.41, 5.74) is 2.14. The average Bonchev–Trinajstić information content (AvgIpc) is 3.12. The van der Waals surface area contributed by atoms with Crippen LogP contribution in [-0.4, -0.2) is 19.9 Å². The number of allylic oxidation sites excluding steroid dienone is 6. The first-order valence-electron chi connectivity index (χ1n) is 9.52. The smallest absolute Gasteiger partial charge is 0.198 e. The van der Waals surface area contributed by atoms with Crippen molar-refractivity contribution in [2.45, 2.75) is 58.3 Å². The average molecular weight is 409 g/mol. The summed E-state index contributed by atoms with van der Waals surface area (Å²) >= 11 is 0. The molecule has 1 atom stereocenters. The van der Waals surface area contributed by atoms with Crippen molar-refractivity contribution >= 4 is 20.8 Å². The van der Waals surface area contributed by atoms with E-state index in [4.69, 9.17) is 9.55 Å².